The van der Waals surface area contributed by atoms with E-state index in [1.165, 1.54) is 7.11 Å². The standard InChI is InChI=1S/C12H11N3O3/c1-18-10-8(11-13-6-3-7-14-11)4-2-5-9(10)15-12(16)17/h2-7,15H,1H3,(H,16,17). The summed E-state index contributed by atoms with van der Waals surface area (Å²) in [6.45, 7) is 0. The van der Waals surface area contributed by atoms with Crippen LogP contribution in [0, 0.1) is 0 Å². The first-order valence-electron chi connectivity index (χ1n) is 5.16. The van der Waals surface area contributed by atoms with Crippen LogP contribution in [0.1, 0.15) is 0 Å². The van der Waals surface area contributed by atoms with Crippen LogP contribution in [0.3, 0.4) is 0 Å². The summed E-state index contributed by atoms with van der Waals surface area (Å²) in [5.74, 6) is 0.870. The zero-order valence-corrected chi connectivity index (χ0v) is 9.62. The lowest BCUT2D eigenvalue weighted by Gasteiger charge is -2.11. The zero-order chi connectivity index (χ0) is 13.0. The third-order valence-electron chi connectivity index (χ3n) is 2.27. The van der Waals surface area contributed by atoms with Gasteiger partial charge in [-0.25, -0.2) is 14.8 Å². The normalized spacial score (nSPS) is 9.83. The zero-order valence-electron chi connectivity index (χ0n) is 9.62. The van der Waals surface area contributed by atoms with E-state index in [-0.39, 0.29) is 0 Å². The summed E-state index contributed by atoms with van der Waals surface area (Å²) in [6.07, 6.45) is 2.07. The highest BCUT2D eigenvalue weighted by atomic mass is 16.5. The second-order valence-electron chi connectivity index (χ2n) is 3.39. The van der Waals surface area contributed by atoms with E-state index < -0.39 is 6.09 Å². The monoisotopic (exact) mass is 245 g/mol. The van der Waals surface area contributed by atoms with Crippen LogP contribution in [0.5, 0.6) is 5.75 Å². The number of nitrogens with one attached hydrogen (secondary N) is 1. The average Bonchev–Trinajstić information content (AvgIpc) is 2.39. The molecule has 0 saturated heterocycles. The summed E-state index contributed by atoms with van der Waals surface area (Å²) in [5, 5.41) is 11.0. The molecule has 0 aliphatic carbocycles. The molecule has 18 heavy (non-hydrogen) atoms. The summed E-state index contributed by atoms with van der Waals surface area (Å²) in [5.41, 5.74) is 0.985. The van der Waals surface area contributed by atoms with Crippen LogP contribution >= 0.6 is 0 Å². The maximum absolute atomic E-state index is 10.7. The molecular weight excluding hydrogens is 234 g/mol. The fourth-order valence-corrected chi connectivity index (χ4v) is 1.58. The van der Waals surface area contributed by atoms with Crippen LogP contribution in [-0.2, 0) is 0 Å². The minimum atomic E-state index is -1.15. The number of ether oxygens (including phenoxy) is 1. The molecule has 0 bridgehead atoms. The molecule has 1 aromatic heterocycles. The largest absolute Gasteiger partial charge is 0.494 e. The van der Waals surface area contributed by atoms with Crippen molar-refractivity contribution in [2.45, 2.75) is 0 Å². The van der Waals surface area contributed by atoms with Crippen LogP contribution < -0.4 is 10.1 Å². The number of nitrogens with zero attached hydrogens (tertiary/aromatic N) is 2. The maximum atomic E-state index is 10.7. The first kappa shape index (κ1) is 11.8. The van der Waals surface area contributed by atoms with E-state index in [1.54, 1.807) is 36.7 Å². The molecule has 1 aromatic carbocycles. The van der Waals surface area contributed by atoms with E-state index in [0.717, 1.165) is 0 Å². The molecule has 0 saturated carbocycles. The van der Waals surface area contributed by atoms with Crippen LogP contribution in [0.25, 0.3) is 11.4 Å². The molecular formula is C12H11N3O3. The summed E-state index contributed by atoms with van der Waals surface area (Å²) in [6, 6.07) is 6.79. The minimum Gasteiger partial charge on any atom is -0.494 e. The number of carbonyl (C=O) groups is 1. The average molecular weight is 245 g/mol. The van der Waals surface area contributed by atoms with Crippen molar-refractivity contribution in [2.75, 3.05) is 12.4 Å². The number of carboxylic acid groups (broad SMARTS) is 1. The molecule has 0 atom stereocenters. The Hall–Kier alpha value is -2.63. The van der Waals surface area contributed by atoms with Gasteiger partial charge in [0.05, 0.1) is 18.4 Å². The summed E-state index contributed by atoms with van der Waals surface area (Å²) >= 11 is 0. The van der Waals surface area contributed by atoms with Crippen molar-refractivity contribution in [3.63, 3.8) is 0 Å². The predicted molar refractivity (Wildman–Crippen MR) is 65.7 cm³/mol. The number of para-hydroxylation sites is 1. The summed E-state index contributed by atoms with van der Waals surface area (Å²) in [4.78, 5) is 18.9. The van der Waals surface area contributed by atoms with Gasteiger partial charge in [0.25, 0.3) is 0 Å². The highest BCUT2D eigenvalue weighted by Gasteiger charge is 2.13. The lowest BCUT2D eigenvalue weighted by molar-refractivity contribution is 0.209. The topological polar surface area (TPSA) is 84.3 Å². The third-order valence-corrected chi connectivity index (χ3v) is 2.27. The van der Waals surface area contributed by atoms with E-state index in [4.69, 9.17) is 9.84 Å². The number of hydrogen-bond acceptors (Lipinski definition) is 4. The van der Waals surface area contributed by atoms with E-state index in [1.807, 2.05) is 0 Å². The minimum absolute atomic E-state index is 0.356. The molecule has 0 aliphatic rings. The number of methoxy groups -OCH3 is 1. The Kier molecular flexibility index (Phi) is 3.38. The number of benzene rings is 1. The molecule has 0 unspecified atom stereocenters. The van der Waals surface area contributed by atoms with Gasteiger partial charge in [0.1, 0.15) is 0 Å². The van der Waals surface area contributed by atoms with Crippen LogP contribution in [-0.4, -0.2) is 28.3 Å². The van der Waals surface area contributed by atoms with Gasteiger partial charge in [0.2, 0.25) is 0 Å². The summed E-state index contributed by atoms with van der Waals surface area (Å²) < 4.78 is 5.23. The first-order chi connectivity index (χ1) is 8.72. The van der Waals surface area contributed by atoms with Crippen molar-refractivity contribution in [3.8, 4) is 17.1 Å². The Bertz CT molecular complexity index is 558. The van der Waals surface area contributed by atoms with Crippen molar-refractivity contribution in [1.29, 1.82) is 0 Å². The van der Waals surface area contributed by atoms with E-state index in [9.17, 15) is 4.79 Å². The van der Waals surface area contributed by atoms with Gasteiger partial charge in [-0.05, 0) is 18.2 Å². The number of rotatable bonds is 3. The van der Waals surface area contributed by atoms with Crippen LogP contribution in [0.15, 0.2) is 36.7 Å². The molecule has 2 rings (SSSR count). The smallest absolute Gasteiger partial charge is 0.409 e. The van der Waals surface area contributed by atoms with E-state index in [2.05, 4.69) is 15.3 Å². The number of aromatic nitrogens is 2. The van der Waals surface area contributed by atoms with Crippen molar-refractivity contribution in [2.24, 2.45) is 0 Å². The molecule has 6 heteroatoms. The highest BCUT2D eigenvalue weighted by Crippen LogP contribution is 2.34. The molecule has 0 spiro atoms. The van der Waals surface area contributed by atoms with Gasteiger partial charge < -0.3 is 9.84 Å². The fourth-order valence-electron chi connectivity index (χ4n) is 1.58. The molecule has 0 fully saturated rings. The molecule has 2 N–H and O–H groups in total. The predicted octanol–water partition coefficient (Wildman–Crippen LogP) is 2.24. The Morgan fingerprint density at radius 1 is 1.28 bits per heavy atom. The Morgan fingerprint density at radius 3 is 2.61 bits per heavy atom. The number of hydrogen-bond donors (Lipinski definition) is 2. The van der Waals surface area contributed by atoms with Crippen LogP contribution in [0.2, 0.25) is 0 Å². The van der Waals surface area contributed by atoms with Crippen molar-refractivity contribution < 1.29 is 14.6 Å². The fraction of sp³-hybridized carbons (Fsp3) is 0.0833. The van der Waals surface area contributed by atoms with Crippen molar-refractivity contribution >= 4 is 11.8 Å². The van der Waals surface area contributed by atoms with Gasteiger partial charge in [-0.1, -0.05) is 6.07 Å². The Labute approximate surface area is 103 Å². The molecule has 0 aliphatic heterocycles. The molecule has 6 nitrogen and oxygen atoms in total. The Balaban J connectivity index is 2.51. The highest BCUT2D eigenvalue weighted by molar-refractivity contribution is 5.88. The number of amides is 1. The lowest BCUT2D eigenvalue weighted by atomic mass is 10.1. The SMILES string of the molecule is COc1c(NC(=O)O)cccc1-c1ncccn1. The molecule has 0 radical (unpaired) electrons. The second kappa shape index (κ2) is 5.13. The van der Waals surface area contributed by atoms with Gasteiger partial charge in [0, 0.05) is 12.4 Å². The third kappa shape index (κ3) is 2.37. The number of anilines is 1. The van der Waals surface area contributed by atoms with Crippen molar-refractivity contribution in [3.05, 3.63) is 36.7 Å². The van der Waals surface area contributed by atoms with Crippen LogP contribution in [0.4, 0.5) is 10.5 Å². The Morgan fingerprint density at radius 2 is 2.00 bits per heavy atom. The van der Waals surface area contributed by atoms with Gasteiger partial charge in [-0.15, -0.1) is 0 Å². The first-order valence-corrected chi connectivity index (χ1v) is 5.16. The van der Waals surface area contributed by atoms with Gasteiger partial charge in [0.15, 0.2) is 11.6 Å². The van der Waals surface area contributed by atoms with Crippen molar-refractivity contribution in [1.82, 2.24) is 9.97 Å². The molecule has 92 valence electrons. The maximum Gasteiger partial charge on any atom is 0.409 e. The molecule has 1 amide bonds. The summed E-state index contributed by atoms with van der Waals surface area (Å²) in [7, 11) is 1.47. The molecule has 2 aromatic rings. The van der Waals surface area contributed by atoms with Gasteiger partial charge in [-0.2, -0.15) is 0 Å². The van der Waals surface area contributed by atoms with Gasteiger partial charge >= 0.3 is 6.09 Å². The van der Waals surface area contributed by atoms with Gasteiger partial charge in [-0.3, -0.25) is 5.32 Å². The van der Waals surface area contributed by atoms with E-state index >= 15 is 0 Å². The molecule has 1 heterocycles. The quantitative estimate of drug-likeness (QED) is 0.866. The van der Waals surface area contributed by atoms with E-state index in [0.29, 0.717) is 22.8 Å². The second-order valence-corrected chi connectivity index (χ2v) is 3.39. The lowest BCUT2D eigenvalue weighted by Crippen LogP contribution is -2.09.